The number of methoxy groups -OCH3 is 2. The third kappa shape index (κ3) is 3.64. The summed E-state index contributed by atoms with van der Waals surface area (Å²) in [5, 5.41) is 5.15. The first kappa shape index (κ1) is 14.7. The first-order valence-electron chi connectivity index (χ1n) is 5.77. The average molecular weight is 310 g/mol. The van der Waals surface area contributed by atoms with E-state index in [0.717, 1.165) is 4.90 Å². The SMILES string of the molecule is COc1cccc(SCC(=O)Nc2nccs2)c1OC. The lowest BCUT2D eigenvalue weighted by molar-refractivity contribution is -0.113. The minimum Gasteiger partial charge on any atom is -0.493 e. The standard InChI is InChI=1S/C13H14N2O3S2/c1-17-9-4-3-5-10(12(9)18-2)20-8-11(16)15-13-14-6-7-19-13/h3-7H,8H2,1-2H3,(H,14,15,16). The smallest absolute Gasteiger partial charge is 0.236 e. The Morgan fingerprint density at radius 2 is 2.25 bits per heavy atom. The molecule has 2 aromatic rings. The van der Waals surface area contributed by atoms with Crippen LogP contribution >= 0.6 is 23.1 Å². The van der Waals surface area contributed by atoms with Crippen molar-refractivity contribution in [2.24, 2.45) is 0 Å². The van der Waals surface area contributed by atoms with Crippen molar-refractivity contribution in [3.8, 4) is 11.5 Å². The zero-order valence-electron chi connectivity index (χ0n) is 11.1. The second-order valence-corrected chi connectivity index (χ2v) is 5.58. The summed E-state index contributed by atoms with van der Waals surface area (Å²) in [6.45, 7) is 0. The molecule has 0 unspecified atom stereocenters. The Kier molecular flexibility index (Phi) is 5.25. The number of benzene rings is 1. The highest BCUT2D eigenvalue weighted by Crippen LogP contribution is 2.37. The summed E-state index contributed by atoms with van der Waals surface area (Å²) in [5.74, 6) is 1.47. The van der Waals surface area contributed by atoms with Gasteiger partial charge in [-0.05, 0) is 12.1 Å². The Balaban J connectivity index is 1.98. The van der Waals surface area contributed by atoms with Crippen LogP contribution in [0.15, 0.2) is 34.7 Å². The van der Waals surface area contributed by atoms with Gasteiger partial charge in [0.25, 0.3) is 0 Å². The first-order chi connectivity index (χ1) is 9.74. The number of nitrogens with one attached hydrogen (secondary N) is 1. The van der Waals surface area contributed by atoms with Gasteiger partial charge in [-0.15, -0.1) is 23.1 Å². The van der Waals surface area contributed by atoms with Crippen molar-refractivity contribution < 1.29 is 14.3 Å². The highest BCUT2D eigenvalue weighted by atomic mass is 32.2. The monoisotopic (exact) mass is 310 g/mol. The number of thiazole rings is 1. The molecule has 0 saturated carbocycles. The number of thioether (sulfide) groups is 1. The fourth-order valence-corrected chi connectivity index (χ4v) is 2.95. The van der Waals surface area contributed by atoms with Crippen LogP contribution in [0.25, 0.3) is 0 Å². The van der Waals surface area contributed by atoms with Crippen molar-refractivity contribution >= 4 is 34.1 Å². The van der Waals surface area contributed by atoms with E-state index in [1.165, 1.54) is 23.1 Å². The lowest BCUT2D eigenvalue weighted by Crippen LogP contribution is -2.13. The summed E-state index contributed by atoms with van der Waals surface area (Å²) in [7, 11) is 3.17. The number of rotatable bonds is 6. The van der Waals surface area contributed by atoms with E-state index in [1.807, 2.05) is 23.6 Å². The molecule has 0 saturated heterocycles. The molecule has 1 amide bonds. The normalized spacial score (nSPS) is 10.1. The second-order valence-electron chi connectivity index (χ2n) is 3.67. The Morgan fingerprint density at radius 3 is 2.90 bits per heavy atom. The number of ether oxygens (including phenoxy) is 2. The molecule has 5 nitrogen and oxygen atoms in total. The molecule has 0 bridgehead atoms. The molecule has 20 heavy (non-hydrogen) atoms. The summed E-state index contributed by atoms with van der Waals surface area (Å²) in [6.07, 6.45) is 1.65. The Bertz CT molecular complexity index is 573. The summed E-state index contributed by atoms with van der Waals surface area (Å²) in [5.41, 5.74) is 0. The van der Waals surface area contributed by atoms with Crippen LogP contribution in [0.3, 0.4) is 0 Å². The highest BCUT2D eigenvalue weighted by Gasteiger charge is 2.12. The van der Waals surface area contributed by atoms with E-state index >= 15 is 0 Å². The molecule has 7 heteroatoms. The zero-order chi connectivity index (χ0) is 14.4. The van der Waals surface area contributed by atoms with Crippen LogP contribution in [-0.4, -0.2) is 30.9 Å². The Labute approximate surface area is 125 Å². The molecule has 1 heterocycles. The van der Waals surface area contributed by atoms with Crippen molar-refractivity contribution in [1.82, 2.24) is 4.98 Å². The van der Waals surface area contributed by atoms with Gasteiger partial charge in [-0.1, -0.05) is 6.07 Å². The molecular formula is C13H14N2O3S2. The molecule has 1 aromatic heterocycles. The van der Waals surface area contributed by atoms with Crippen LogP contribution in [0.1, 0.15) is 0 Å². The van der Waals surface area contributed by atoms with Gasteiger partial charge in [0.2, 0.25) is 5.91 Å². The fraction of sp³-hybridized carbons (Fsp3) is 0.231. The van der Waals surface area contributed by atoms with Crippen molar-refractivity contribution in [1.29, 1.82) is 0 Å². The lowest BCUT2D eigenvalue weighted by atomic mass is 10.3. The number of aromatic nitrogens is 1. The topological polar surface area (TPSA) is 60.5 Å². The number of para-hydroxylation sites is 1. The van der Waals surface area contributed by atoms with Crippen LogP contribution in [-0.2, 0) is 4.79 Å². The third-order valence-corrected chi connectivity index (χ3v) is 4.13. The van der Waals surface area contributed by atoms with Gasteiger partial charge in [-0.2, -0.15) is 0 Å². The van der Waals surface area contributed by atoms with Crippen LogP contribution in [0.5, 0.6) is 11.5 Å². The van der Waals surface area contributed by atoms with E-state index in [1.54, 1.807) is 20.4 Å². The molecule has 1 aromatic carbocycles. The van der Waals surface area contributed by atoms with Gasteiger partial charge in [-0.3, -0.25) is 4.79 Å². The molecule has 1 N–H and O–H groups in total. The molecule has 0 spiro atoms. The van der Waals surface area contributed by atoms with Gasteiger partial charge in [0.1, 0.15) is 0 Å². The summed E-state index contributed by atoms with van der Waals surface area (Å²) >= 11 is 2.78. The van der Waals surface area contributed by atoms with E-state index in [4.69, 9.17) is 9.47 Å². The van der Waals surface area contributed by atoms with E-state index in [9.17, 15) is 4.79 Å². The van der Waals surface area contributed by atoms with Crippen molar-refractivity contribution in [2.45, 2.75) is 4.90 Å². The third-order valence-electron chi connectivity index (χ3n) is 2.40. The van der Waals surface area contributed by atoms with Gasteiger partial charge in [0, 0.05) is 11.6 Å². The predicted molar refractivity (Wildman–Crippen MR) is 81.0 cm³/mol. The first-order valence-corrected chi connectivity index (χ1v) is 7.64. The lowest BCUT2D eigenvalue weighted by Gasteiger charge is -2.11. The molecule has 0 radical (unpaired) electrons. The Morgan fingerprint density at radius 1 is 1.40 bits per heavy atom. The summed E-state index contributed by atoms with van der Waals surface area (Å²) in [6, 6.07) is 5.57. The number of carbonyl (C=O) groups excluding carboxylic acids is 1. The van der Waals surface area contributed by atoms with Gasteiger partial charge < -0.3 is 14.8 Å². The van der Waals surface area contributed by atoms with Gasteiger partial charge in [-0.25, -0.2) is 4.98 Å². The van der Waals surface area contributed by atoms with Gasteiger partial charge >= 0.3 is 0 Å². The van der Waals surface area contributed by atoms with Crippen LogP contribution in [0, 0.1) is 0 Å². The van der Waals surface area contributed by atoms with E-state index in [0.29, 0.717) is 16.6 Å². The van der Waals surface area contributed by atoms with E-state index in [-0.39, 0.29) is 11.7 Å². The summed E-state index contributed by atoms with van der Waals surface area (Å²) < 4.78 is 10.5. The Hall–Kier alpha value is -1.73. The molecule has 0 atom stereocenters. The molecule has 0 aliphatic rings. The number of hydrogen-bond acceptors (Lipinski definition) is 6. The molecule has 2 rings (SSSR count). The van der Waals surface area contributed by atoms with Crippen LogP contribution < -0.4 is 14.8 Å². The van der Waals surface area contributed by atoms with E-state index in [2.05, 4.69) is 10.3 Å². The molecule has 0 aliphatic heterocycles. The number of anilines is 1. The van der Waals surface area contributed by atoms with Crippen molar-refractivity contribution in [3.05, 3.63) is 29.8 Å². The van der Waals surface area contributed by atoms with Crippen LogP contribution in [0.2, 0.25) is 0 Å². The molecular weight excluding hydrogens is 296 g/mol. The minimum atomic E-state index is -0.102. The van der Waals surface area contributed by atoms with Crippen LogP contribution in [0.4, 0.5) is 5.13 Å². The minimum absolute atomic E-state index is 0.102. The van der Waals surface area contributed by atoms with Crippen molar-refractivity contribution in [2.75, 3.05) is 25.3 Å². The quantitative estimate of drug-likeness (QED) is 0.831. The largest absolute Gasteiger partial charge is 0.493 e. The second kappa shape index (κ2) is 7.16. The zero-order valence-corrected chi connectivity index (χ0v) is 12.7. The fourth-order valence-electron chi connectivity index (χ4n) is 1.56. The maximum atomic E-state index is 11.8. The van der Waals surface area contributed by atoms with E-state index < -0.39 is 0 Å². The number of nitrogens with zero attached hydrogens (tertiary/aromatic N) is 1. The maximum absolute atomic E-state index is 11.8. The number of carbonyl (C=O) groups is 1. The predicted octanol–water partition coefficient (Wildman–Crippen LogP) is 2.89. The van der Waals surface area contributed by atoms with Gasteiger partial charge in [0.15, 0.2) is 16.6 Å². The highest BCUT2D eigenvalue weighted by molar-refractivity contribution is 8.00. The number of hydrogen-bond donors (Lipinski definition) is 1. The number of amides is 1. The maximum Gasteiger partial charge on any atom is 0.236 e. The van der Waals surface area contributed by atoms with Crippen molar-refractivity contribution in [3.63, 3.8) is 0 Å². The molecule has 0 fully saturated rings. The summed E-state index contributed by atoms with van der Waals surface area (Å²) in [4.78, 5) is 16.7. The molecule has 106 valence electrons. The molecule has 0 aliphatic carbocycles. The average Bonchev–Trinajstić information content (AvgIpc) is 2.97. The van der Waals surface area contributed by atoms with Gasteiger partial charge in [0.05, 0.1) is 24.9 Å².